The number of aromatic nitrogens is 1. The minimum atomic E-state index is -0.0300. The molecule has 4 heteroatoms. The quantitative estimate of drug-likeness (QED) is 0.894. The SMILES string of the molecule is CC1CN(c2cc(CO)nc3ccccc23)CCO1. The fraction of sp³-hybridized carbons (Fsp3) is 0.400. The first-order valence-electron chi connectivity index (χ1n) is 6.64. The Bertz CT molecular complexity index is 585. The zero-order valence-corrected chi connectivity index (χ0v) is 11.0. The third kappa shape index (κ3) is 2.41. The van der Waals surface area contributed by atoms with Gasteiger partial charge in [0.25, 0.3) is 0 Å². The third-order valence-corrected chi connectivity index (χ3v) is 3.49. The number of hydrogen-bond acceptors (Lipinski definition) is 4. The highest BCUT2D eigenvalue weighted by Crippen LogP contribution is 2.28. The van der Waals surface area contributed by atoms with Gasteiger partial charge in [-0.1, -0.05) is 18.2 Å². The maximum Gasteiger partial charge on any atom is 0.0854 e. The van der Waals surface area contributed by atoms with Crippen molar-refractivity contribution in [1.29, 1.82) is 0 Å². The van der Waals surface area contributed by atoms with E-state index in [0.29, 0.717) is 5.69 Å². The lowest BCUT2D eigenvalue weighted by Gasteiger charge is -2.33. The van der Waals surface area contributed by atoms with Crippen LogP contribution in [0.2, 0.25) is 0 Å². The minimum absolute atomic E-state index is 0.0300. The summed E-state index contributed by atoms with van der Waals surface area (Å²) in [4.78, 5) is 6.78. The third-order valence-electron chi connectivity index (χ3n) is 3.49. The maximum atomic E-state index is 9.37. The van der Waals surface area contributed by atoms with Gasteiger partial charge in [0.1, 0.15) is 0 Å². The highest BCUT2D eigenvalue weighted by atomic mass is 16.5. The zero-order valence-electron chi connectivity index (χ0n) is 11.0. The van der Waals surface area contributed by atoms with Crippen molar-refractivity contribution in [3.63, 3.8) is 0 Å². The van der Waals surface area contributed by atoms with Gasteiger partial charge < -0.3 is 14.7 Å². The van der Waals surface area contributed by atoms with Crippen molar-refractivity contribution in [1.82, 2.24) is 4.98 Å². The molecule has 0 bridgehead atoms. The molecule has 0 amide bonds. The number of benzene rings is 1. The van der Waals surface area contributed by atoms with Gasteiger partial charge in [0.15, 0.2) is 0 Å². The van der Waals surface area contributed by atoms with Crippen molar-refractivity contribution in [2.75, 3.05) is 24.6 Å². The normalized spacial score (nSPS) is 19.9. The number of morpholine rings is 1. The second kappa shape index (κ2) is 5.15. The van der Waals surface area contributed by atoms with Crippen molar-refractivity contribution in [2.24, 2.45) is 0 Å². The average molecular weight is 258 g/mol. The number of pyridine rings is 1. The van der Waals surface area contributed by atoms with Crippen LogP contribution in [0, 0.1) is 0 Å². The average Bonchev–Trinajstić information content (AvgIpc) is 2.46. The first kappa shape index (κ1) is 12.4. The number of aliphatic hydroxyl groups is 1. The van der Waals surface area contributed by atoms with Crippen LogP contribution in [-0.4, -0.2) is 35.9 Å². The number of fused-ring (bicyclic) bond motifs is 1. The summed E-state index contributed by atoms with van der Waals surface area (Å²) in [6.45, 7) is 4.55. The van der Waals surface area contributed by atoms with E-state index in [4.69, 9.17) is 4.74 Å². The van der Waals surface area contributed by atoms with Crippen LogP contribution in [0.3, 0.4) is 0 Å². The molecule has 1 N–H and O–H groups in total. The largest absolute Gasteiger partial charge is 0.390 e. The molecule has 19 heavy (non-hydrogen) atoms. The van der Waals surface area contributed by atoms with E-state index >= 15 is 0 Å². The van der Waals surface area contributed by atoms with E-state index in [0.717, 1.165) is 36.3 Å². The summed E-state index contributed by atoms with van der Waals surface area (Å²) in [5.74, 6) is 0. The van der Waals surface area contributed by atoms with Crippen LogP contribution >= 0.6 is 0 Å². The first-order valence-corrected chi connectivity index (χ1v) is 6.64. The zero-order chi connectivity index (χ0) is 13.2. The Kier molecular flexibility index (Phi) is 3.36. The molecule has 1 aliphatic rings. The molecule has 0 aliphatic carbocycles. The molecule has 2 heterocycles. The van der Waals surface area contributed by atoms with Gasteiger partial charge in [-0.15, -0.1) is 0 Å². The van der Waals surface area contributed by atoms with Gasteiger partial charge in [0, 0.05) is 24.2 Å². The van der Waals surface area contributed by atoms with Gasteiger partial charge in [-0.2, -0.15) is 0 Å². The van der Waals surface area contributed by atoms with E-state index in [1.807, 2.05) is 24.3 Å². The molecule has 4 nitrogen and oxygen atoms in total. The summed E-state index contributed by atoms with van der Waals surface area (Å²) in [5.41, 5.74) is 2.79. The van der Waals surface area contributed by atoms with Crippen molar-refractivity contribution in [3.05, 3.63) is 36.0 Å². The van der Waals surface area contributed by atoms with Crippen LogP contribution in [0.1, 0.15) is 12.6 Å². The number of nitrogens with zero attached hydrogens (tertiary/aromatic N) is 2. The fourth-order valence-electron chi connectivity index (χ4n) is 2.59. The Morgan fingerprint density at radius 1 is 1.42 bits per heavy atom. The Morgan fingerprint density at radius 2 is 2.26 bits per heavy atom. The minimum Gasteiger partial charge on any atom is -0.390 e. The standard InChI is InChI=1S/C15H18N2O2/c1-11-9-17(6-7-19-11)15-8-12(10-18)16-14-5-3-2-4-13(14)15/h2-5,8,11,18H,6-7,9-10H2,1H3. The Hall–Kier alpha value is -1.65. The Balaban J connectivity index is 2.10. The number of rotatable bonds is 2. The number of ether oxygens (including phenoxy) is 1. The topological polar surface area (TPSA) is 45.6 Å². The molecule has 3 rings (SSSR count). The molecule has 1 aliphatic heterocycles. The van der Waals surface area contributed by atoms with E-state index in [9.17, 15) is 5.11 Å². The summed E-state index contributed by atoms with van der Waals surface area (Å²) in [6, 6.07) is 10.1. The van der Waals surface area contributed by atoms with Gasteiger partial charge >= 0.3 is 0 Å². The summed E-state index contributed by atoms with van der Waals surface area (Å²) < 4.78 is 5.59. The molecule has 100 valence electrons. The molecular weight excluding hydrogens is 240 g/mol. The van der Waals surface area contributed by atoms with Gasteiger partial charge in [-0.3, -0.25) is 4.98 Å². The summed E-state index contributed by atoms with van der Waals surface area (Å²) in [5, 5.41) is 10.5. The van der Waals surface area contributed by atoms with E-state index in [-0.39, 0.29) is 12.7 Å². The van der Waals surface area contributed by atoms with E-state index in [1.165, 1.54) is 0 Å². The molecule has 1 fully saturated rings. The predicted octanol–water partition coefficient (Wildman–Crippen LogP) is 1.95. The number of hydrogen-bond donors (Lipinski definition) is 1. The van der Waals surface area contributed by atoms with Crippen molar-refractivity contribution < 1.29 is 9.84 Å². The van der Waals surface area contributed by atoms with Gasteiger partial charge in [0.05, 0.1) is 30.5 Å². The lowest BCUT2D eigenvalue weighted by Crippen LogP contribution is -2.41. The molecule has 0 spiro atoms. The predicted molar refractivity (Wildman–Crippen MR) is 75.3 cm³/mol. The van der Waals surface area contributed by atoms with Crippen molar-refractivity contribution in [3.8, 4) is 0 Å². The van der Waals surface area contributed by atoms with Crippen molar-refractivity contribution in [2.45, 2.75) is 19.6 Å². The molecular formula is C15H18N2O2. The number of anilines is 1. The molecule has 1 unspecified atom stereocenters. The first-order chi connectivity index (χ1) is 9.28. The summed E-state index contributed by atoms with van der Waals surface area (Å²) >= 11 is 0. The molecule has 0 saturated carbocycles. The molecule has 1 atom stereocenters. The highest BCUT2D eigenvalue weighted by Gasteiger charge is 2.19. The van der Waals surface area contributed by atoms with Gasteiger partial charge in [-0.25, -0.2) is 0 Å². The van der Waals surface area contributed by atoms with Crippen LogP contribution in [-0.2, 0) is 11.3 Å². The fourth-order valence-corrected chi connectivity index (χ4v) is 2.59. The van der Waals surface area contributed by atoms with Crippen LogP contribution in [0.15, 0.2) is 30.3 Å². The second-order valence-corrected chi connectivity index (χ2v) is 4.94. The van der Waals surface area contributed by atoms with Gasteiger partial charge in [0.2, 0.25) is 0 Å². The lowest BCUT2D eigenvalue weighted by molar-refractivity contribution is 0.0533. The van der Waals surface area contributed by atoms with E-state index < -0.39 is 0 Å². The molecule has 2 aromatic rings. The summed E-state index contributed by atoms with van der Waals surface area (Å²) in [7, 11) is 0. The van der Waals surface area contributed by atoms with Crippen LogP contribution in [0.25, 0.3) is 10.9 Å². The molecule has 1 aromatic heterocycles. The smallest absolute Gasteiger partial charge is 0.0854 e. The van der Waals surface area contributed by atoms with Gasteiger partial charge in [-0.05, 0) is 19.1 Å². The van der Waals surface area contributed by atoms with E-state index in [2.05, 4.69) is 22.9 Å². The second-order valence-electron chi connectivity index (χ2n) is 4.94. The maximum absolute atomic E-state index is 9.37. The Morgan fingerprint density at radius 3 is 3.05 bits per heavy atom. The summed E-state index contributed by atoms with van der Waals surface area (Å²) in [6.07, 6.45) is 0.234. The number of para-hydroxylation sites is 1. The molecule has 1 saturated heterocycles. The Labute approximate surface area is 112 Å². The number of aliphatic hydroxyl groups excluding tert-OH is 1. The van der Waals surface area contributed by atoms with Crippen molar-refractivity contribution >= 4 is 16.6 Å². The van der Waals surface area contributed by atoms with Crippen LogP contribution < -0.4 is 4.90 Å². The van der Waals surface area contributed by atoms with Crippen LogP contribution in [0.4, 0.5) is 5.69 Å². The monoisotopic (exact) mass is 258 g/mol. The molecule has 0 radical (unpaired) electrons. The van der Waals surface area contributed by atoms with E-state index in [1.54, 1.807) is 0 Å². The lowest BCUT2D eigenvalue weighted by atomic mass is 10.1. The highest BCUT2D eigenvalue weighted by molar-refractivity contribution is 5.92. The van der Waals surface area contributed by atoms with Crippen LogP contribution in [0.5, 0.6) is 0 Å². The molecule has 1 aromatic carbocycles.